The van der Waals surface area contributed by atoms with E-state index in [-0.39, 0.29) is 0 Å². The van der Waals surface area contributed by atoms with Crippen molar-refractivity contribution in [3.8, 4) is 0 Å². The summed E-state index contributed by atoms with van der Waals surface area (Å²) >= 11 is 0. The summed E-state index contributed by atoms with van der Waals surface area (Å²) in [5.74, 6) is 0. The molecule has 0 aliphatic heterocycles. The minimum Gasteiger partial charge on any atom is -0.399 e. The summed E-state index contributed by atoms with van der Waals surface area (Å²) in [6, 6.07) is 6.14. The van der Waals surface area contributed by atoms with Crippen LogP contribution in [0.25, 0.3) is 0 Å². The van der Waals surface area contributed by atoms with Crippen LogP contribution in [0.5, 0.6) is 0 Å². The van der Waals surface area contributed by atoms with Crippen LogP contribution in [0.1, 0.15) is 12.0 Å². The van der Waals surface area contributed by atoms with E-state index in [9.17, 15) is 0 Å². The standard InChI is InChI=1S/C14H24N2O2/c1-12-9-13(15)11-14(10-12)16(6-8-18-3)5-4-7-17-2/h9-11H,4-8,15H2,1-3H3. The second-order valence-electron chi connectivity index (χ2n) is 4.43. The summed E-state index contributed by atoms with van der Waals surface area (Å²) in [5, 5.41) is 0. The van der Waals surface area contributed by atoms with Gasteiger partial charge in [-0.25, -0.2) is 0 Å². The fourth-order valence-electron chi connectivity index (χ4n) is 1.95. The molecule has 1 aromatic carbocycles. The van der Waals surface area contributed by atoms with E-state index in [1.807, 2.05) is 12.1 Å². The van der Waals surface area contributed by atoms with Crippen LogP contribution in [0, 0.1) is 6.92 Å². The average Bonchev–Trinajstić information content (AvgIpc) is 2.32. The van der Waals surface area contributed by atoms with Gasteiger partial charge in [0.2, 0.25) is 0 Å². The molecule has 0 radical (unpaired) electrons. The van der Waals surface area contributed by atoms with Crippen LogP contribution in [0.15, 0.2) is 18.2 Å². The van der Waals surface area contributed by atoms with E-state index in [1.54, 1.807) is 14.2 Å². The third-order valence-corrected chi connectivity index (χ3v) is 2.79. The number of nitrogen functional groups attached to an aromatic ring is 1. The molecule has 0 saturated carbocycles. The number of nitrogens with two attached hydrogens (primary N) is 1. The van der Waals surface area contributed by atoms with E-state index >= 15 is 0 Å². The molecule has 0 saturated heterocycles. The van der Waals surface area contributed by atoms with E-state index < -0.39 is 0 Å². The molecule has 0 heterocycles. The molecule has 0 atom stereocenters. The van der Waals surface area contributed by atoms with Crippen molar-refractivity contribution in [1.82, 2.24) is 0 Å². The van der Waals surface area contributed by atoms with E-state index in [4.69, 9.17) is 15.2 Å². The number of benzene rings is 1. The molecule has 0 aromatic heterocycles. The topological polar surface area (TPSA) is 47.7 Å². The van der Waals surface area contributed by atoms with Crippen molar-refractivity contribution in [1.29, 1.82) is 0 Å². The van der Waals surface area contributed by atoms with Crippen LogP contribution in [0.4, 0.5) is 11.4 Å². The van der Waals surface area contributed by atoms with Gasteiger partial charge in [0.15, 0.2) is 0 Å². The predicted molar refractivity (Wildman–Crippen MR) is 76.2 cm³/mol. The van der Waals surface area contributed by atoms with Crippen molar-refractivity contribution in [2.75, 3.05) is 51.2 Å². The number of hydrogen-bond donors (Lipinski definition) is 1. The Balaban J connectivity index is 2.72. The molecule has 4 heteroatoms. The summed E-state index contributed by atoms with van der Waals surface area (Å²) in [6.07, 6.45) is 0.994. The molecule has 0 bridgehead atoms. The normalized spacial score (nSPS) is 10.6. The van der Waals surface area contributed by atoms with Crippen molar-refractivity contribution in [3.05, 3.63) is 23.8 Å². The Hall–Kier alpha value is -1.26. The van der Waals surface area contributed by atoms with Gasteiger partial charge in [-0.1, -0.05) is 0 Å². The predicted octanol–water partition coefficient (Wildman–Crippen LogP) is 2.07. The second-order valence-corrected chi connectivity index (χ2v) is 4.43. The molecule has 0 amide bonds. The zero-order valence-corrected chi connectivity index (χ0v) is 11.6. The molecule has 0 unspecified atom stereocenters. The first kappa shape index (κ1) is 14.8. The largest absolute Gasteiger partial charge is 0.399 e. The average molecular weight is 252 g/mol. The Kier molecular flexibility index (Phi) is 6.54. The first-order valence-electron chi connectivity index (χ1n) is 6.27. The van der Waals surface area contributed by atoms with Gasteiger partial charge in [-0.2, -0.15) is 0 Å². The molecular weight excluding hydrogens is 228 g/mol. The van der Waals surface area contributed by atoms with Gasteiger partial charge >= 0.3 is 0 Å². The highest BCUT2D eigenvalue weighted by atomic mass is 16.5. The third-order valence-electron chi connectivity index (χ3n) is 2.79. The first-order valence-corrected chi connectivity index (χ1v) is 6.27. The second kappa shape index (κ2) is 7.95. The molecule has 0 fully saturated rings. The lowest BCUT2D eigenvalue weighted by atomic mass is 10.1. The molecule has 2 N–H and O–H groups in total. The summed E-state index contributed by atoms with van der Waals surface area (Å²) in [5.41, 5.74) is 9.04. The van der Waals surface area contributed by atoms with E-state index in [0.717, 1.165) is 37.5 Å². The molecular formula is C14H24N2O2. The molecule has 1 rings (SSSR count). The van der Waals surface area contributed by atoms with Gasteiger partial charge < -0.3 is 20.1 Å². The highest BCUT2D eigenvalue weighted by molar-refractivity contribution is 5.58. The summed E-state index contributed by atoms with van der Waals surface area (Å²) in [6.45, 7) is 5.35. The van der Waals surface area contributed by atoms with E-state index in [1.165, 1.54) is 5.56 Å². The maximum Gasteiger partial charge on any atom is 0.0637 e. The Bertz CT molecular complexity index is 335. The molecule has 102 valence electrons. The van der Waals surface area contributed by atoms with Crippen LogP contribution < -0.4 is 10.6 Å². The SMILES string of the molecule is COCCCN(CCOC)c1cc(C)cc(N)c1. The van der Waals surface area contributed by atoms with Gasteiger partial charge in [0.25, 0.3) is 0 Å². The summed E-state index contributed by atoms with van der Waals surface area (Å²) in [7, 11) is 3.45. The lowest BCUT2D eigenvalue weighted by Gasteiger charge is -2.25. The number of hydrogen-bond acceptors (Lipinski definition) is 4. The molecule has 0 aliphatic carbocycles. The number of ether oxygens (including phenoxy) is 2. The third kappa shape index (κ3) is 4.94. The van der Waals surface area contributed by atoms with Crippen molar-refractivity contribution >= 4 is 11.4 Å². The first-order chi connectivity index (χ1) is 8.67. The fraction of sp³-hybridized carbons (Fsp3) is 0.571. The van der Waals surface area contributed by atoms with Crippen molar-refractivity contribution in [2.24, 2.45) is 0 Å². The number of nitrogens with zero attached hydrogens (tertiary/aromatic N) is 1. The van der Waals surface area contributed by atoms with Gasteiger partial charge in [-0.3, -0.25) is 0 Å². The van der Waals surface area contributed by atoms with Gasteiger partial charge in [0.05, 0.1) is 6.61 Å². The minimum atomic E-state index is 0.709. The highest BCUT2D eigenvalue weighted by Crippen LogP contribution is 2.20. The Morgan fingerprint density at radius 2 is 1.78 bits per heavy atom. The highest BCUT2D eigenvalue weighted by Gasteiger charge is 2.07. The zero-order chi connectivity index (χ0) is 13.4. The van der Waals surface area contributed by atoms with Crippen molar-refractivity contribution in [3.63, 3.8) is 0 Å². The molecule has 18 heavy (non-hydrogen) atoms. The Labute approximate surface area is 110 Å². The van der Waals surface area contributed by atoms with E-state index in [0.29, 0.717) is 6.61 Å². The van der Waals surface area contributed by atoms with Crippen LogP contribution in [0.3, 0.4) is 0 Å². The molecule has 0 spiro atoms. The van der Waals surface area contributed by atoms with Crippen molar-refractivity contribution < 1.29 is 9.47 Å². The molecule has 0 aliphatic rings. The van der Waals surface area contributed by atoms with Gasteiger partial charge in [0, 0.05) is 45.3 Å². The lowest BCUT2D eigenvalue weighted by Crippen LogP contribution is -2.29. The van der Waals surface area contributed by atoms with E-state index in [2.05, 4.69) is 17.9 Å². The van der Waals surface area contributed by atoms with Crippen LogP contribution in [-0.4, -0.2) is 40.5 Å². The van der Waals surface area contributed by atoms with Gasteiger partial charge in [-0.05, 0) is 37.1 Å². The Morgan fingerprint density at radius 1 is 1.06 bits per heavy atom. The molecule has 1 aromatic rings. The van der Waals surface area contributed by atoms with Crippen molar-refractivity contribution in [2.45, 2.75) is 13.3 Å². The maximum absolute atomic E-state index is 5.90. The maximum atomic E-state index is 5.90. The van der Waals surface area contributed by atoms with Gasteiger partial charge in [0.1, 0.15) is 0 Å². The number of anilines is 2. The number of methoxy groups -OCH3 is 2. The number of rotatable bonds is 8. The smallest absolute Gasteiger partial charge is 0.0637 e. The summed E-state index contributed by atoms with van der Waals surface area (Å²) in [4.78, 5) is 2.28. The van der Waals surface area contributed by atoms with Crippen LogP contribution in [-0.2, 0) is 9.47 Å². The monoisotopic (exact) mass is 252 g/mol. The van der Waals surface area contributed by atoms with Crippen LogP contribution >= 0.6 is 0 Å². The summed E-state index contributed by atoms with van der Waals surface area (Å²) < 4.78 is 10.3. The Morgan fingerprint density at radius 3 is 2.39 bits per heavy atom. The zero-order valence-electron chi connectivity index (χ0n) is 11.6. The van der Waals surface area contributed by atoms with Crippen LogP contribution in [0.2, 0.25) is 0 Å². The lowest BCUT2D eigenvalue weighted by molar-refractivity contribution is 0.191. The molecule has 4 nitrogen and oxygen atoms in total. The quantitative estimate of drug-likeness (QED) is 0.568. The minimum absolute atomic E-state index is 0.709. The van der Waals surface area contributed by atoms with Gasteiger partial charge in [-0.15, -0.1) is 0 Å². The fourth-order valence-corrected chi connectivity index (χ4v) is 1.95. The number of aryl methyl sites for hydroxylation is 1.